The van der Waals surface area contributed by atoms with Gasteiger partial charge < -0.3 is 13.7 Å². The van der Waals surface area contributed by atoms with E-state index in [4.69, 9.17) is 8.84 Å². The summed E-state index contributed by atoms with van der Waals surface area (Å²) in [6.07, 6.45) is 4.09. The lowest BCUT2D eigenvalue weighted by atomic mass is 9.99. The quantitative estimate of drug-likeness (QED) is 0.139. The van der Waals surface area contributed by atoms with E-state index < -0.39 is 8.32 Å². The molecular formula is C31H37NO3Si. The predicted octanol–water partition coefficient (Wildman–Crippen LogP) is 8.15. The van der Waals surface area contributed by atoms with Crippen LogP contribution < -0.4 is 0 Å². The highest BCUT2D eigenvalue weighted by Gasteiger charge is 2.39. The maximum Gasteiger partial charge on any atom is 0.192 e. The topological polar surface area (TPSA) is 42.7 Å². The van der Waals surface area contributed by atoms with Gasteiger partial charge in [0.1, 0.15) is 11.2 Å². The monoisotopic (exact) mass is 499 g/mol. The largest absolute Gasteiger partial charge is 0.456 e. The molecule has 3 aromatic carbocycles. The van der Waals surface area contributed by atoms with Crippen LogP contribution in [0.2, 0.25) is 18.1 Å². The third kappa shape index (κ3) is 5.63. The lowest BCUT2D eigenvalue weighted by molar-refractivity contribution is 0.104. The number of fused-ring (bicyclic) bond motifs is 3. The molecule has 0 N–H and O–H groups in total. The van der Waals surface area contributed by atoms with Gasteiger partial charge in [-0.15, -0.1) is 0 Å². The molecule has 0 fully saturated rings. The number of carbonyl (C=O) groups excluding carboxylic acids is 1. The summed E-state index contributed by atoms with van der Waals surface area (Å²) in [5, 5.41) is 2.05. The highest BCUT2D eigenvalue weighted by molar-refractivity contribution is 6.74. The number of hydrogen-bond acceptors (Lipinski definition) is 4. The van der Waals surface area contributed by atoms with Crippen LogP contribution in [-0.4, -0.2) is 33.1 Å². The fourth-order valence-corrected chi connectivity index (χ4v) is 5.33. The van der Waals surface area contributed by atoms with Gasteiger partial charge in [-0.05, 0) is 59.6 Å². The zero-order chi connectivity index (χ0) is 26.1. The number of carbonyl (C=O) groups is 1. The lowest BCUT2D eigenvalue weighted by Crippen LogP contribution is -2.42. The van der Waals surface area contributed by atoms with Gasteiger partial charge in [-0.3, -0.25) is 4.79 Å². The third-order valence-electron chi connectivity index (χ3n) is 7.18. The average Bonchev–Trinajstić information content (AvgIpc) is 3.19. The Hall–Kier alpha value is -3.15. The number of benzene rings is 3. The summed E-state index contributed by atoms with van der Waals surface area (Å²) in [5.41, 5.74) is 4.61. The Morgan fingerprint density at radius 1 is 0.972 bits per heavy atom. The van der Waals surface area contributed by atoms with Crippen molar-refractivity contribution in [1.29, 1.82) is 0 Å². The molecule has 1 aromatic heterocycles. The Balaban J connectivity index is 1.78. The number of rotatable bonds is 8. The van der Waals surface area contributed by atoms with Crippen molar-refractivity contribution in [1.82, 2.24) is 4.90 Å². The molecule has 36 heavy (non-hydrogen) atoms. The first-order valence-corrected chi connectivity index (χ1v) is 15.4. The van der Waals surface area contributed by atoms with Crippen molar-refractivity contribution in [3.05, 3.63) is 95.7 Å². The van der Waals surface area contributed by atoms with Gasteiger partial charge in [0.2, 0.25) is 0 Å². The minimum absolute atomic E-state index is 0.0284. The molecule has 0 saturated heterocycles. The Bertz CT molecular complexity index is 1390. The van der Waals surface area contributed by atoms with Gasteiger partial charge in [-0.25, -0.2) is 0 Å². The summed E-state index contributed by atoms with van der Waals surface area (Å²) in [5.74, 6) is -0.0284. The molecule has 0 spiro atoms. The summed E-state index contributed by atoms with van der Waals surface area (Å²) in [7, 11) is 1.77. The average molecular weight is 500 g/mol. The zero-order valence-electron chi connectivity index (χ0n) is 22.5. The summed E-state index contributed by atoms with van der Waals surface area (Å²) in [4.78, 5) is 14.6. The zero-order valence-corrected chi connectivity index (χ0v) is 23.5. The van der Waals surface area contributed by atoms with Gasteiger partial charge in [0.25, 0.3) is 0 Å². The molecule has 5 heteroatoms. The van der Waals surface area contributed by atoms with Gasteiger partial charge in [0.05, 0.1) is 6.10 Å². The van der Waals surface area contributed by atoms with Crippen molar-refractivity contribution in [2.75, 3.05) is 14.1 Å². The number of hydrogen-bond donors (Lipinski definition) is 0. The van der Waals surface area contributed by atoms with Crippen LogP contribution in [-0.2, 0) is 10.8 Å². The number of furan rings is 1. The Labute approximate surface area is 215 Å². The summed E-state index contributed by atoms with van der Waals surface area (Å²) in [6.45, 7) is 11.4. The molecule has 0 saturated carbocycles. The van der Waals surface area contributed by atoms with Crippen LogP contribution in [0.5, 0.6) is 0 Å². The van der Waals surface area contributed by atoms with Crippen LogP contribution in [0.15, 0.2) is 83.4 Å². The molecule has 0 aliphatic heterocycles. The van der Waals surface area contributed by atoms with E-state index >= 15 is 0 Å². The number of nitrogens with zero attached hydrogens (tertiary/aromatic N) is 1. The molecule has 1 atom stereocenters. The van der Waals surface area contributed by atoms with Crippen molar-refractivity contribution in [3.8, 4) is 0 Å². The van der Waals surface area contributed by atoms with Crippen LogP contribution in [0.25, 0.3) is 21.9 Å². The van der Waals surface area contributed by atoms with Crippen LogP contribution in [0.4, 0.5) is 0 Å². The normalized spacial score (nSPS) is 13.5. The van der Waals surface area contributed by atoms with Crippen LogP contribution in [0.1, 0.15) is 48.4 Å². The van der Waals surface area contributed by atoms with Gasteiger partial charge in [-0.1, -0.05) is 57.2 Å². The first-order chi connectivity index (χ1) is 16.9. The van der Waals surface area contributed by atoms with E-state index in [0.29, 0.717) is 5.56 Å². The minimum atomic E-state index is -2.03. The van der Waals surface area contributed by atoms with Gasteiger partial charge in [-0.2, -0.15) is 0 Å². The molecule has 0 amide bonds. The Morgan fingerprint density at radius 3 is 2.25 bits per heavy atom. The molecule has 4 nitrogen and oxygen atoms in total. The Kier molecular flexibility index (Phi) is 7.25. The van der Waals surface area contributed by atoms with Crippen LogP contribution in [0, 0.1) is 0 Å². The van der Waals surface area contributed by atoms with Crippen LogP contribution >= 0.6 is 0 Å². The second-order valence-electron chi connectivity index (χ2n) is 11.3. The van der Waals surface area contributed by atoms with E-state index in [1.165, 1.54) is 5.56 Å². The first kappa shape index (κ1) is 25.9. The Morgan fingerprint density at radius 2 is 1.61 bits per heavy atom. The van der Waals surface area contributed by atoms with E-state index in [9.17, 15) is 4.79 Å². The van der Waals surface area contributed by atoms with E-state index in [-0.39, 0.29) is 16.9 Å². The van der Waals surface area contributed by atoms with Crippen molar-refractivity contribution in [2.24, 2.45) is 0 Å². The molecule has 0 bridgehead atoms. The molecule has 4 rings (SSSR count). The van der Waals surface area contributed by atoms with E-state index in [1.807, 2.05) is 49.3 Å². The van der Waals surface area contributed by atoms with Crippen molar-refractivity contribution in [3.63, 3.8) is 0 Å². The second-order valence-corrected chi connectivity index (χ2v) is 16.0. The SMILES string of the molecule is CN(C)/C=C/C(=O)c1ccc2oc3ccc(C(Cc4ccccc4)O[Si](C)(C)C(C)(C)C)cc3c2c1. The molecule has 4 aromatic rings. The van der Waals surface area contributed by atoms with Gasteiger partial charge in [0.15, 0.2) is 14.1 Å². The molecule has 1 heterocycles. The molecule has 0 aliphatic carbocycles. The summed E-state index contributed by atoms with van der Waals surface area (Å²) < 4.78 is 13.1. The number of allylic oxidation sites excluding steroid dienone is 1. The van der Waals surface area contributed by atoms with Crippen LogP contribution in [0.3, 0.4) is 0 Å². The molecule has 188 valence electrons. The van der Waals surface area contributed by atoms with E-state index in [1.54, 1.807) is 12.3 Å². The molecule has 1 unspecified atom stereocenters. The lowest BCUT2D eigenvalue weighted by Gasteiger charge is -2.39. The molecule has 0 aliphatic rings. The predicted molar refractivity (Wildman–Crippen MR) is 152 cm³/mol. The number of ketones is 1. The summed E-state index contributed by atoms with van der Waals surface area (Å²) in [6, 6.07) is 22.5. The molecular weight excluding hydrogens is 462 g/mol. The van der Waals surface area contributed by atoms with Crippen molar-refractivity contribution in [2.45, 2.75) is 51.4 Å². The van der Waals surface area contributed by atoms with Crippen molar-refractivity contribution >= 4 is 36.0 Å². The molecule has 0 radical (unpaired) electrons. The minimum Gasteiger partial charge on any atom is -0.456 e. The van der Waals surface area contributed by atoms with Crippen molar-refractivity contribution < 1.29 is 13.6 Å². The highest BCUT2D eigenvalue weighted by Crippen LogP contribution is 2.41. The van der Waals surface area contributed by atoms with E-state index in [2.05, 4.69) is 70.3 Å². The van der Waals surface area contributed by atoms with Gasteiger partial charge >= 0.3 is 0 Å². The smallest absolute Gasteiger partial charge is 0.192 e. The third-order valence-corrected chi connectivity index (χ3v) is 11.7. The maximum absolute atomic E-state index is 12.7. The standard InChI is InChI=1S/C31H37NO3Si/c1-31(2,3)36(6,7)35-30(19-22-11-9-8-10-12-22)24-14-16-29-26(21-24)25-20-23(13-15-28(25)34-29)27(33)17-18-32(4)5/h8-18,20-21,30H,19H2,1-7H3/b18-17+. The first-order valence-electron chi connectivity index (χ1n) is 12.5. The van der Waals surface area contributed by atoms with E-state index in [0.717, 1.165) is 33.9 Å². The van der Waals surface area contributed by atoms with Gasteiger partial charge in [0, 0.05) is 49.1 Å². The highest BCUT2D eigenvalue weighted by atomic mass is 28.4. The fraction of sp³-hybridized carbons (Fsp3) is 0.323. The second kappa shape index (κ2) is 10.1. The fourth-order valence-electron chi connectivity index (χ4n) is 4.05. The summed E-state index contributed by atoms with van der Waals surface area (Å²) >= 11 is 0. The maximum atomic E-state index is 12.7.